The number of nitrogens with zero attached hydrogens (tertiary/aromatic N) is 3. The fourth-order valence-electron chi connectivity index (χ4n) is 2.13. The van der Waals surface area contributed by atoms with E-state index >= 15 is 0 Å². The summed E-state index contributed by atoms with van der Waals surface area (Å²) in [4.78, 5) is 21.9. The first-order valence-corrected chi connectivity index (χ1v) is 7.15. The number of fused-ring (bicyclic) bond motifs is 1. The molecule has 0 fully saturated rings. The van der Waals surface area contributed by atoms with Crippen LogP contribution >= 0.6 is 11.3 Å². The lowest BCUT2D eigenvalue weighted by Crippen LogP contribution is -2.22. The molecule has 3 heterocycles. The summed E-state index contributed by atoms with van der Waals surface area (Å²) < 4.78 is 1.67. The fraction of sp³-hybridized carbons (Fsp3) is 0.214. The Labute approximate surface area is 119 Å². The average molecular weight is 286 g/mol. The molecule has 0 radical (unpaired) electrons. The van der Waals surface area contributed by atoms with Gasteiger partial charge in [0.05, 0.1) is 11.9 Å². The lowest BCUT2D eigenvalue weighted by Gasteiger charge is -2.09. The van der Waals surface area contributed by atoms with Gasteiger partial charge in [-0.15, -0.1) is 11.3 Å². The summed E-state index contributed by atoms with van der Waals surface area (Å²) in [5.74, 6) is 1.44. The van der Waals surface area contributed by atoms with Crippen LogP contribution in [0.3, 0.4) is 0 Å². The van der Waals surface area contributed by atoms with Gasteiger partial charge in [0, 0.05) is 18.8 Å². The third kappa shape index (κ3) is 2.18. The fourth-order valence-corrected chi connectivity index (χ4v) is 2.91. The number of hydrogen-bond donors (Lipinski definition) is 1. The maximum atomic E-state index is 11.9. The molecule has 0 saturated heterocycles. The Hall–Kier alpha value is -2.21. The van der Waals surface area contributed by atoms with Crippen LogP contribution in [0.5, 0.6) is 0 Å². The van der Waals surface area contributed by atoms with Crippen molar-refractivity contribution in [3.8, 4) is 0 Å². The molecule has 3 aromatic heterocycles. The van der Waals surface area contributed by atoms with E-state index in [-0.39, 0.29) is 5.56 Å². The predicted molar refractivity (Wildman–Crippen MR) is 81.5 cm³/mol. The van der Waals surface area contributed by atoms with Gasteiger partial charge in [0.15, 0.2) is 5.82 Å². The first-order chi connectivity index (χ1) is 9.69. The van der Waals surface area contributed by atoms with Crippen molar-refractivity contribution in [3.05, 3.63) is 51.5 Å². The molecule has 0 amide bonds. The molecule has 0 bridgehead atoms. The Morgan fingerprint density at radius 3 is 2.90 bits per heavy atom. The van der Waals surface area contributed by atoms with E-state index in [1.165, 1.54) is 0 Å². The van der Waals surface area contributed by atoms with Crippen LogP contribution in [0.2, 0.25) is 0 Å². The second-order valence-electron chi connectivity index (χ2n) is 4.47. The van der Waals surface area contributed by atoms with Crippen molar-refractivity contribution in [1.82, 2.24) is 14.5 Å². The van der Waals surface area contributed by atoms with Gasteiger partial charge in [-0.2, -0.15) is 0 Å². The lowest BCUT2D eigenvalue weighted by molar-refractivity contribution is 0.696. The molecular formula is C14H14N4OS. The van der Waals surface area contributed by atoms with E-state index in [0.717, 1.165) is 21.7 Å². The van der Waals surface area contributed by atoms with Gasteiger partial charge in [-0.1, -0.05) is 6.07 Å². The molecule has 0 aliphatic rings. The Balaban J connectivity index is 2.09. The molecule has 3 rings (SSSR count). The third-order valence-electron chi connectivity index (χ3n) is 3.18. The van der Waals surface area contributed by atoms with E-state index in [1.54, 1.807) is 28.0 Å². The molecule has 0 saturated carbocycles. The first-order valence-electron chi connectivity index (χ1n) is 6.27. The molecule has 3 aromatic rings. The van der Waals surface area contributed by atoms with Gasteiger partial charge in [-0.25, -0.2) is 9.97 Å². The molecule has 0 aliphatic carbocycles. The van der Waals surface area contributed by atoms with E-state index in [0.29, 0.717) is 12.4 Å². The molecule has 0 aromatic carbocycles. The Morgan fingerprint density at radius 1 is 1.30 bits per heavy atom. The minimum absolute atomic E-state index is 0.0362. The Morgan fingerprint density at radius 2 is 2.15 bits per heavy atom. The highest BCUT2D eigenvalue weighted by Gasteiger charge is 2.09. The van der Waals surface area contributed by atoms with Gasteiger partial charge in [0.25, 0.3) is 5.56 Å². The van der Waals surface area contributed by atoms with Crippen LogP contribution in [-0.2, 0) is 6.54 Å². The van der Waals surface area contributed by atoms with Crippen molar-refractivity contribution in [2.45, 2.75) is 13.5 Å². The standard InChI is InChI=1S/C14H14N4OS/c1-9-4-3-5-12(19)18(9)8-11-16-13(15-2)10-6-7-20-14(10)17-11/h3-7H,8H2,1-2H3,(H,15,16,17). The first kappa shape index (κ1) is 12.8. The molecule has 0 unspecified atom stereocenters. The maximum absolute atomic E-state index is 11.9. The van der Waals surface area contributed by atoms with E-state index in [9.17, 15) is 4.79 Å². The van der Waals surface area contributed by atoms with E-state index in [2.05, 4.69) is 15.3 Å². The molecule has 20 heavy (non-hydrogen) atoms. The van der Waals surface area contributed by atoms with Gasteiger partial charge >= 0.3 is 0 Å². The van der Waals surface area contributed by atoms with Crippen LogP contribution in [0.25, 0.3) is 10.2 Å². The SMILES string of the molecule is CNc1nc(Cn2c(C)cccc2=O)nc2sccc12. The number of thiophene rings is 1. The molecule has 102 valence electrons. The van der Waals surface area contributed by atoms with Crippen molar-refractivity contribution in [1.29, 1.82) is 0 Å². The smallest absolute Gasteiger partial charge is 0.251 e. The summed E-state index contributed by atoms with van der Waals surface area (Å²) in [7, 11) is 1.84. The van der Waals surface area contributed by atoms with E-state index < -0.39 is 0 Å². The van der Waals surface area contributed by atoms with Crippen molar-refractivity contribution in [2.75, 3.05) is 12.4 Å². The number of aromatic nitrogens is 3. The minimum Gasteiger partial charge on any atom is -0.372 e. The Kier molecular flexibility index (Phi) is 3.23. The number of hydrogen-bond acceptors (Lipinski definition) is 5. The topological polar surface area (TPSA) is 59.8 Å². The highest BCUT2D eigenvalue weighted by Crippen LogP contribution is 2.24. The van der Waals surface area contributed by atoms with Crippen LogP contribution in [0.1, 0.15) is 11.5 Å². The molecule has 6 heteroatoms. The molecule has 0 atom stereocenters. The van der Waals surface area contributed by atoms with Crippen LogP contribution in [0, 0.1) is 6.92 Å². The molecule has 5 nitrogen and oxygen atoms in total. The maximum Gasteiger partial charge on any atom is 0.251 e. The number of aryl methyl sites for hydroxylation is 1. The minimum atomic E-state index is -0.0362. The predicted octanol–water partition coefficient (Wildman–Crippen LogP) is 2.25. The van der Waals surface area contributed by atoms with Gasteiger partial charge in [0.1, 0.15) is 10.6 Å². The zero-order valence-corrected chi connectivity index (χ0v) is 12.1. The van der Waals surface area contributed by atoms with Crippen LogP contribution in [0.4, 0.5) is 5.82 Å². The second kappa shape index (κ2) is 5.05. The summed E-state index contributed by atoms with van der Waals surface area (Å²) in [6.07, 6.45) is 0. The monoisotopic (exact) mass is 286 g/mol. The number of rotatable bonds is 3. The summed E-state index contributed by atoms with van der Waals surface area (Å²) >= 11 is 1.57. The number of pyridine rings is 1. The lowest BCUT2D eigenvalue weighted by atomic mass is 10.3. The summed E-state index contributed by atoms with van der Waals surface area (Å²) in [5.41, 5.74) is 0.865. The number of nitrogens with one attached hydrogen (secondary N) is 1. The normalized spacial score (nSPS) is 10.9. The van der Waals surface area contributed by atoms with E-state index in [1.807, 2.05) is 31.5 Å². The highest BCUT2D eigenvalue weighted by atomic mass is 32.1. The second-order valence-corrected chi connectivity index (χ2v) is 5.36. The quantitative estimate of drug-likeness (QED) is 0.802. The average Bonchev–Trinajstić information content (AvgIpc) is 2.90. The van der Waals surface area contributed by atoms with Crippen LogP contribution < -0.4 is 10.9 Å². The Bertz CT molecular complexity index is 821. The van der Waals surface area contributed by atoms with Crippen LogP contribution in [0.15, 0.2) is 34.4 Å². The van der Waals surface area contributed by atoms with Crippen molar-refractivity contribution in [3.63, 3.8) is 0 Å². The van der Waals surface area contributed by atoms with Crippen molar-refractivity contribution >= 4 is 27.4 Å². The zero-order chi connectivity index (χ0) is 14.1. The number of anilines is 1. The van der Waals surface area contributed by atoms with Gasteiger partial charge in [-0.05, 0) is 24.4 Å². The third-order valence-corrected chi connectivity index (χ3v) is 3.98. The van der Waals surface area contributed by atoms with Gasteiger partial charge < -0.3 is 9.88 Å². The van der Waals surface area contributed by atoms with Crippen LogP contribution in [-0.4, -0.2) is 21.6 Å². The van der Waals surface area contributed by atoms with Crippen molar-refractivity contribution < 1.29 is 0 Å². The van der Waals surface area contributed by atoms with Gasteiger partial charge in [-0.3, -0.25) is 4.79 Å². The zero-order valence-electron chi connectivity index (χ0n) is 11.3. The largest absolute Gasteiger partial charge is 0.372 e. The van der Waals surface area contributed by atoms with Gasteiger partial charge in [0.2, 0.25) is 0 Å². The summed E-state index contributed by atoms with van der Waals surface area (Å²) in [6, 6.07) is 7.21. The molecule has 0 spiro atoms. The summed E-state index contributed by atoms with van der Waals surface area (Å²) in [5, 5.41) is 6.08. The highest BCUT2D eigenvalue weighted by molar-refractivity contribution is 7.16. The van der Waals surface area contributed by atoms with E-state index in [4.69, 9.17) is 0 Å². The summed E-state index contributed by atoms with van der Waals surface area (Å²) in [6.45, 7) is 2.29. The molecular weight excluding hydrogens is 272 g/mol. The molecule has 0 aliphatic heterocycles. The molecule has 1 N–H and O–H groups in total. The van der Waals surface area contributed by atoms with Crippen molar-refractivity contribution in [2.24, 2.45) is 0 Å².